The number of pyridine rings is 1. The van der Waals surface area contributed by atoms with Crippen molar-refractivity contribution in [1.82, 2.24) is 20.5 Å². The predicted octanol–water partition coefficient (Wildman–Crippen LogP) is 3.06. The Kier molecular flexibility index (Phi) is 9.28. The maximum atomic E-state index is 5.17. The quantitative estimate of drug-likeness (QED) is 0.488. The number of hydrogen-bond donors (Lipinski definition) is 2. The zero-order chi connectivity index (χ0) is 20.2. The van der Waals surface area contributed by atoms with Crippen LogP contribution >= 0.6 is 0 Å². The van der Waals surface area contributed by atoms with E-state index in [-0.39, 0.29) is 0 Å². The number of methoxy groups -OCH3 is 1. The van der Waals surface area contributed by atoms with E-state index in [0.29, 0.717) is 18.5 Å². The molecule has 0 fully saturated rings. The highest BCUT2D eigenvalue weighted by atomic mass is 16.5. The number of guanidine groups is 1. The molecule has 2 N–H and O–H groups in total. The summed E-state index contributed by atoms with van der Waals surface area (Å²) < 4.78 is 5.17. The molecule has 0 spiro atoms. The van der Waals surface area contributed by atoms with Gasteiger partial charge in [-0.15, -0.1) is 0 Å². The van der Waals surface area contributed by atoms with Crippen LogP contribution in [0.3, 0.4) is 0 Å². The van der Waals surface area contributed by atoms with Crippen molar-refractivity contribution in [2.75, 3.05) is 27.2 Å². The standard InChI is InChI=1S/C22H33N5O/c1-5-23-22(26-16-20-12-14-24-21(15-20)28-4)25-13-11-18(2)27(3)17-19-9-7-6-8-10-19/h6-10,12,14-15,18H,5,11,13,16-17H2,1-4H3,(H2,23,25,26). The van der Waals surface area contributed by atoms with E-state index in [1.54, 1.807) is 13.3 Å². The Balaban J connectivity index is 1.81. The third kappa shape index (κ3) is 7.56. The molecule has 1 atom stereocenters. The van der Waals surface area contributed by atoms with Crippen LogP contribution in [-0.2, 0) is 13.1 Å². The van der Waals surface area contributed by atoms with Crippen LogP contribution in [0.1, 0.15) is 31.4 Å². The summed E-state index contributed by atoms with van der Waals surface area (Å²) in [5.74, 6) is 1.44. The Morgan fingerprint density at radius 3 is 2.68 bits per heavy atom. The van der Waals surface area contributed by atoms with Gasteiger partial charge in [-0.1, -0.05) is 30.3 Å². The van der Waals surface area contributed by atoms with E-state index in [1.807, 2.05) is 12.1 Å². The fourth-order valence-corrected chi connectivity index (χ4v) is 2.82. The second-order valence-electron chi connectivity index (χ2n) is 6.87. The van der Waals surface area contributed by atoms with Gasteiger partial charge in [-0.3, -0.25) is 4.90 Å². The fraction of sp³-hybridized carbons (Fsp3) is 0.455. The zero-order valence-electron chi connectivity index (χ0n) is 17.5. The summed E-state index contributed by atoms with van der Waals surface area (Å²) in [4.78, 5) is 11.2. The number of ether oxygens (including phenoxy) is 1. The first kappa shape index (κ1) is 21.7. The van der Waals surface area contributed by atoms with Crippen molar-refractivity contribution in [3.63, 3.8) is 0 Å². The van der Waals surface area contributed by atoms with Crippen LogP contribution in [0.4, 0.5) is 0 Å². The van der Waals surface area contributed by atoms with E-state index in [4.69, 9.17) is 4.74 Å². The molecule has 0 radical (unpaired) electrons. The Hall–Kier alpha value is -2.60. The molecule has 6 nitrogen and oxygen atoms in total. The van der Waals surface area contributed by atoms with Gasteiger partial charge in [-0.05, 0) is 44.5 Å². The fourth-order valence-electron chi connectivity index (χ4n) is 2.82. The molecular weight excluding hydrogens is 350 g/mol. The average Bonchev–Trinajstić information content (AvgIpc) is 2.72. The maximum Gasteiger partial charge on any atom is 0.213 e. The van der Waals surface area contributed by atoms with Crippen LogP contribution in [0.2, 0.25) is 0 Å². The lowest BCUT2D eigenvalue weighted by molar-refractivity contribution is 0.238. The lowest BCUT2D eigenvalue weighted by atomic mass is 10.1. The molecule has 28 heavy (non-hydrogen) atoms. The van der Waals surface area contributed by atoms with Crippen molar-refractivity contribution in [2.24, 2.45) is 4.99 Å². The van der Waals surface area contributed by atoms with E-state index in [9.17, 15) is 0 Å². The Bertz CT molecular complexity index is 720. The molecule has 1 aromatic heterocycles. The number of hydrogen-bond acceptors (Lipinski definition) is 4. The summed E-state index contributed by atoms with van der Waals surface area (Å²) in [6.07, 6.45) is 2.78. The molecule has 0 aliphatic rings. The van der Waals surface area contributed by atoms with Gasteiger partial charge in [0.1, 0.15) is 0 Å². The van der Waals surface area contributed by atoms with Crippen molar-refractivity contribution >= 4 is 5.96 Å². The molecular formula is C22H33N5O. The Morgan fingerprint density at radius 1 is 1.18 bits per heavy atom. The predicted molar refractivity (Wildman–Crippen MR) is 116 cm³/mol. The summed E-state index contributed by atoms with van der Waals surface area (Å²) >= 11 is 0. The summed E-state index contributed by atoms with van der Waals surface area (Å²) in [6, 6.07) is 14.9. The van der Waals surface area contributed by atoms with E-state index in [2.05, 4.69) is 76.7 Å². The highest BCUT2D eigenvalue weighted by Gasteiger charge is 2.10. The molecule has 0 bridgehead atoms. The first-order valence-corrected chi connectivity index (χ1v) is 9.87. The maximum absolute atomic E-state index is 5.17. The van der Waals surface area contributed by atoms with Gasteiger partial charge in [-0.2, -0.15) is 0 Å². The van der Waals surface area contributed by atoms with Gasteiger partial charge >= 0.3 is 0 Å². The third-order valence-corrected chi connectivity index (χ3v) is 4.65. The minimum absolute atomic E-state index is 0.472. The number of aliphatic imine (C=N–C) groups is 1. The largest absolute Gasteiger partial charge is 0.481 e. The van der Waals surface area contributed by atoms with Crippen LogP contribution in [0, 0.1) is 0 Å². The molecule has 0 aliphatic carbocycles. The molecule has 1 heterocycles. The third-order valence-electron chi connectivity index (χ3n) is 4.65. The van der Waals surface area contributed by atoms with Crippen LogP contribution < -0.4 is 15.4 Å². The van der Waals surface area contributed by atoms with E-state index in [1.165, 1.54) is 5.56 Å². The Labute approximate surface area is 169 Å². The van der Waals surface area contributed by atoms with Gasteiger partial charge in [0.15, 0.2) is 5.96 Å². The summed E-state index contributed by atoms with van der Waals surface area (Å²) in [6.45, 7) is 7.57. The smallest absolute Gasteiger partial charge is 0.213 e. The second kappa shape index (κ2) is 12.0. The minimum Gasteiger partial charge on any atom is -0.481 e. The highest BCUT2D eigenvalue weighted by Crippen LogP contribution is 2.10. The van der Waals surface area contributed by atoms with Gasteiger partial charge < -0.3 is 15.4 Å². The molecule has 0 saturated heterocycles. The van der Waals surface area contributed by atoms with Crippen LogP contribution in [-0.4, -0.2) is 49.1 Å². The van der Waals surface area contributed by atoms with Gasteiger partial charge in [0.2, 0.25) is 5.88 Å². The molecule has 0 saturated carbocycles. The van der Waals surface area contributed by atoms with E-state index < -0.39 is 0 Å². The minimum atomic E-state index is 0.472. The number of rotatable bonds is 10. The molecule has 2 aromatic rings. The average molecular weight is 384 g/mol. The molecule has 1 unspecified atom stereocenters. The van der Waals surface area contributed by atoms with Crippen molar-refractivity contribution in [1.29, 1.82) is 0 Å². The monoisotopic (exact) mass is 383 g/mol. The topological polar surface area (TPSA) is 61.8 Å². The number of nitrogens with zero attached hydrogens (tertiary/aromatic N) is 3. The summed E-state index contributed by atoms with van der Waals surface area (Å²) in [7, 11) is 3.80. The molecule has 6 heteroatoms. The first-order valence-electron chi connectivity index (χ1n) is 9.87. The molecule has 152 valence electrons. The van der Waals surface area contributed by atoms with Crippen molar-refractivity contribution in [3.05, 3.63) is 59.8 Å². The molecule has 0 amide bonds. The van der Waals surface area contributed by atoms with Crippen molar-refractivity contribution in [2.45, 2.75) is 39.4 Å². The van der Waals surface area contributed by atoms with Gasteiger partial charge in [-0.25, -0.2) is 9.98 Å². The summed E-state index contributed by atoms with van der Waals surface area (Å²) in [5, 5.41) is 6.74. The number of aromatic nitrogens is 1. The first-order chi connectivity index (χ1) is 13.6. The molecule has 1 aromatic carbocycles. The van der Waals surface area contributed by atoms with Crippen molar-refractivity contribution in [3.8, 4) is 5.88 Å². The number of nitrogens with one attached hydrogen (secondary N) is 2. The highest BCUT2D eigenvalue weighted by molar-refractivity contribution is 5.79. The van der Waals surface area contributed by atoms with E-state index >= 15 is 0 Å². The van der Waals surface area contributed by atoms with Crippen LogP contribution in [0.25, 0.3) is 0 Å². The van der Waals surface area contributed by atoms with Crippen LogP contribution in [0.15, 0.2) is 53.7 Å². The summed E-state index contributed by atoms with van der Waals surface area (Å²) in [5.41, 5.74) is 2.41. The molecule has 0 aliphatic heterocycles. The van der Waals surface area contributed by atoms with Gasteiger partial charge in [0.05, 0.1) is 13.7 Å². The second-order valence-corrected chi connectivity index (χ2v) is 6.87. The lowest BCUT2D eigenvalue weighted by Gasteiger charge is -2.25. The van der Waals surface area contributed by atoms with Crippen LogP contribution in [0.5, 0.6) is 5.88 Å². The van der Waals surface area contributed by atoms with Gasteiger partial charge in [0.25, 0.3) is 0 Å². The Morgan fingerprint density at radius 2 is 1.96 bits per heavy atom. The van der Waals surface area contributed by atoms with Gasteiger partial charge in [0, 0.05) is 37.9 Å². The van der Waals surface area contributed by atoms with E-state index in [0.717, 1.165) is 37.6 Å². The zero-order valence-corrected chi connectivity index (χ0v) is 17.5. The SMILES string of the molecule is CCNC(=NCc1ccnc(OC)c1)NCCC(C)N(C)Cc1ccccc1. The molecule has 2 rings (SSSR count). The van der Waals surface area contributed by atoms with Crippen molar-refractivity contribution < 1.29 is 4.74 Å². The number of benzene rings is 1. The lowest BCUT2D eigenvalue weighted by Crippen LogP contribution is -2.40. The normalized spacial score (nSPS) is 12.7.